The van der Waals surface area contributed by atoms with Gasteiger partial charge in [-0.15, -0.1) is 0 Å². The first kappa shape index (κ1) is 16.5. The number of benzene rings is 1. The van der Waals surface area contributed by atoms with E-state index < -0.39 is 0 Å². The van der Waals surface area contributed by atoms with Crippen LogP contribution in [0.5, 0.6) is 0 Å². The van der Waals surface area contributed by atoms with Gasteiger partial charge < -0.3 is 5.73 Å². The van der Waals surface area contributed by atoms with E-state index in [1.54, 1.807) is 0 Å². The van der Waals surface area contributed by atoms with E-state index >= 15 is 0 Å². The topological polar surface area (TPSA) is 29.3 Å². The zero-order valence-corrected chi connectivity index (χ0v) is 14.2. The zero-order valence-electron chi connectivity index (χ0n) is 14.2. The van der Waals surface area contributed by atoms with E-state index in [4.69, 9.17) is 5.73 Å². The summed E-state index contributed by atoms with van der Waals surface area (Å²) in [7, 11) is 0. The van der Waals surface area contributed by atoms with Gasteiger partial charge in [0.1, 0.15) is 0 Å². The van der Waals surface area contributed by atoms with Crippen LogP contribution < -0.4 is 5.73 Å². The normalized spacial score (nSPS) is 25.5. The average molecular weight is 288 g/mol. The summed E-state index contributed by atoms with van der Waals surface area (Å²) in [5.74, 6) is 0.625. The van der Waals surface area contributed by atoms with Crippen LogP contribution in [0.25, 0.3) is 0 Å². The van der Waals surface area contributed by atoms with Gasteiger partial charge >= 0.3 is 0 Å². The molecule has 1 aromatic carbocycles. The number of rotatable bonds is 5. The molecule has 0 spiro atoms. The Morgan fingerprint density at radius 3 is 2.52 bits per heavy atom. The van der Waals surface area contributed by atoms with Crippen molar-refractivity contribution in [3.63, 3.8) is 0 Å². The summed E-state index contributed by atoms with van der Waals surface area (Å²) in [5.41, 5.74) is 8.27. The molecule has 1 aliphatic carbocycles. The van der Waals surface area contributed by atoms with Crippen molar-refractivity contribution < 1.29 is 0 Å². The molecule has 2 nitrogen and oxygen atoms in total. The quantitative estimate of drug-likeness (QED) is 0.885. The zero-order chi connectivity index (χ0) is 15.5. The summed E-state index contributed by atoms with van der Waals surface area (Å²) in [6, 6.07) is 11.7. The van der Waals surface area contributed by atoms with Crippen molar-refractivity contribution in [2.45, 2.75) is 65.6 Å². The summed E-state index contributed by atoms with van der Waals surface area (Å²) in [6.45, 7) is 11.5. The van der Waals surface area contributed by atoms with Gasteiger partial charge in [-0.2, -0.15) is 0 Å². The molecule has 0 amide bonds. The van der Waals surface area contributed by atoms with E-state index in [0.29, 0.717) is 23.4 Å². The summed E-state index contributed by atoms with van der Waals surface area (Å²) < 4.78 is 0. The Labute approximate surface area is 130 Å². The van der Waals surface area contributed by atoms with E-state index in [1.807, 2.05) is 0 Å². The molecule has 1 saturated carbocycles. The van der Waals surface area contributed by atoms with E-state index in [2.05, 4.69) is 62.9 Å². The van der Waals surface area contributed by atoms with Crippen molar-refractivity contribution in [1.29, 1.82) is 0 Å². The molecule has 2 N–H and O–H groups in total. The van der Waals surface area contributed by atoms with Crippen LogP contribution >= 0.6 is 0 Å². The molecule has 0 radical (unpaired) electrons. The van der Waals surface area contributed by atoms with E-state index in [9.17, 15) is 0 Å². The van der Waals surface area contributed by atoms with Crippen molar-refractivity contribution in [2.24, 2.45) is 17.1 Å². The third kappa shape index (κ3) is 4.82. The van der Waals surface area contributed by atoms with E-state index in [-0.39, 0.29) is 0 Å². The van der Waals surface area contributed by atoms with Crippen molar-refractivity contribution in [3.05, 3.63) is 35.9 Å². The van der Waals surface area contributed by atoms with E-state index in [0.717, 1.165) is 13.1 Å². The van der Waals surface area contributed by atoms with Crippen LogP contribution in [0.1, 0.15) is 52.5 Å². The third-order valence-corrected chi connectivity index (χ3v) is 5.00. The molecule has 1 fully saturated rings. The second kappa shape index (κ2) is 6.93. The lowest BCUT2D eigenvalue weighted by Gasteiger charge is -2.42. The molecule has 1 aliphatic rings. The van der Waals surface area contributed by atoms with Crippen molar-refractivity contribution in [3.8, 4) is 0 Å². The minimum Gasteiger partial charge on any atom is -0.327 e. The summed E-state index contributed by atoms with van der Waals surface area (Å²) in [4.78, 5) is 2.58. The monoisotopic (exact) mass is 288 g/mol. The number of nitrogens with two attached hydrogens (primary N) is 1. The lowest BCUT2D eigenvalue weighted by molar-refractivity contribution is 0.0964. The molecule has 2 unspecified atom stereocenters. The summed E-state index contributed by atoms with van der Waals surface area (Å²) in [6.07, 6.45) is 3.70. The first-order valence-electron chi connectivity index (χ1n) is 8.41. The average Bonchev–Trinajstić information content (AvgIpc) is 2.43. The maximum atomic E-state index is 6.42. The molecule has 1 aromatic rings. The maximum absolute atomic E-state index is 6.42. The summed E-state index contributed by atoms with van der Waals surface area (Å²) in [5, 5.41) is 0. The van der Waals surface area contributed by atoms with Crippen LogP contribution in [0, 0.1) is 11.3 Å². The predicted octanol–water partition coefficient (Wildman–Crippen LogP) is 4.05. The predicted molar refractivity (Wildman–Crippen MR) is 91.1 cm³/mol. The Morgan fingerprint density at radius 2 is 1.90 bits per heavy atom. The van der Waals surface area contributed by atoms with Crippen LogP contribution in [0.3, 0.4) is 0 Å². The molecule has 0 bridgehead atoms. The lowest BCUT2D eigenvalue weighted by Crippen LogP contribution is -2.46. The Bertz CT molecular complexity index is 424. The second-order valence-corrected chi connectivity index (χ2v) is 7.84. The Balaban J connectivity index is 2.02. The fourth-order valence-electron chi connectivity index (χ4n) is 3.53. The first-order chi connectivity index (χ1) is 9.87. The molecular weight excluding hydrogens is 256 g/mol. The maximum Gasteiger partial charge on any atom is 0.0236 e. The molecule has 0 aliphatic heterocycles. The molecule has 0 aromatic heterocycles. The molecule has 0 heterocycles. The molecule has 118 valence electrons. The van der Waals surface area contributed by atoms with Gasteiger partial charge in [0.15, 0.2) is 0 Å². The second-order valence-electron chi connectivity index (χ2n) is 7.84. The smallest absolute Gasteiger partial charge is 0.0236 e. The van der Waals surface area contributed by atoms with Crippen molar-refractivity contribution in [1.82, 2.24) is 4.90 Å². The standard InChI is InChI=1S/C19H32N2/c1-15(2)21(13-16-8-6-5-7-9-16)14-17-12-19(3,4)11-10-18(17)20/h5-9,15,17-18H,10-14,20H2,1-4H3. The number of hydrogen-bond acceptors (Lipinski definition) is 2. The van der Waals surface area contributed by atoms with Gasteiger partial charge in [-0.3, -0.25) is 4.90 Å². The third-order valence-electron chi connectivity index (χ3n) is 5.00. The molecule has 2 rings (SSSR count). The Kier molecular flexibility index (Phi) is 5.45. The molecule has 21 heavy (non-hydrogen) atoms. The largest absolute Gasteiger partial charge is 0.327 e. The van der Waals surface area contributed by atoms with E-state index in [1.165, 1.54) is 24.8 Å². The Morgan fingerprint density at radius 1 is 1.24 bits per heavy atom. The highest BCUT2D eigenvalue weighted by atomic mass is 15.1. The highest BCUT2D eigenvalue weighted by molar-refractivity contribution is 5.14. The molecule has 0 saturated heterocycles. The molecular formula is C19H32N2. The van der Waals surface area contributed by atoms with Gasteiger partial charge in [-0.1, -0.05) is 44.2 Å². The van der Waals surface area contributed by atoms with Gasteiger partial charge in [0.25, 0.3) is 0 Å². The van der Waals surface area contributed by atoms with Gasteiger partial charge in [0.05, 0.1) is 0 Å². The fourth-order valence-corrected chi connectivity index (χ4v) is 3.53. The van der Waals surface area contributed by atoms with Gasteiger partial charge in [-0.25, -0.2) is 0 Å². The lowest BCUT2D eigenvalue weighted by atomic mass is 9.70. The SMILES string of the molecule is CC(C)N(Cc1ccccc1)CC1CC(C)(C)CCC1N. The van der Waals surface area contributed by atoms with Crippen LogP contribution in [0.15, 0.2) is 30.3 Å². The molecule has 2 atom stereocenters. The molecule has 2 heteroatoms. The number of hydrogen-bond donors (Lipinski definition) is 1. The van der Waals surface area contributed by atoms with Crippen LogP contribution in [0.2, 0.25) is 0 Å². The minimum absolute atomic E-state index is 0.370. The van der Waals surface area contributed by atoms with Crippen LogP contribution in [0.4, 0.5) is 0 Å². The van der Waals surface area contributed by atoms with Crippen molar-refractivity contribution >= 4 is 0 Å². The highest BCUT2D eigenvalue weighted by Crippen LogP contribution is 2.38. The Hall–Kier alpha value is -0.860. The first-order valence-corrected chi connectivity index (χ1v) is 8.41. The number of nitrogens with zero attached hydrogens (tertiary/aromatic N) is 1. The van der Waals surface area contributed by atoms with Gasteiger partial charge in [0, 0.05) is 25.2 Å². The fraction of sp³-hybridized carbons (Fsp3) is 0.684. The highest BCUT2D eigenvalue weighted by Gasteiger charge is 2.34. The van der Waals surface area contributed by atoms with Crippen LogP contribution in [-0.4, -0.2) is 23.5 Å². The van der Waals surface area contributed by atoms with Crippen molar-refractivity contribution in [2.75, 3.05) is 6.54 Å². The van der Waals surface area contributed by atoms with Crippen LogP contribution in [-0.2, 0) is 6.54 Å². The van der Waals surface area contributed by atoms with Gasteiger partial charge in [0.2, 0.25) is 0 Å². The minimum atomic E-state index is 0.370. The summed E-state index contributed by atoms with van der Waals surface area (Å²) >= 11 is 0. The van der Waals surface area contributed by atoms with Gasteiger partial charge in [-0.05, 0) is 50.0 Å².